The molecule has 0 aliphatic heterocycles. The second-order valence-corrected chi connectivity index (χ2v) is 4.73. The van der Waals surface area contributed by atoms with Crippen molar-refractivity contribution in [3.63, 3.8) is 0 Å². The molecule has 1 N–H and O–H groups in total. The molecule has 0 spiro atoms. The summed E-state index contributed by atoms with van der Waals surface area (Å²) in [6.07, 6.45) is 8.81. The number of aromatic nitrogens is 3. The van der Waals surface area contributed by atoms with Crippen molar-refractivity contribution in [3.05, 3.63) is 42.5 Å². The molecule has 0 saturated heterocycles. The van der Waals surface area contributed by atoms with Crippen molar-refractivity contribution in [1.29, 1.82) is 0 Å². The van der Waals surface area contributed by atoms with Gasteiger partial charge in [-0.3, -0.25) is 4.79 Å². The van der Waals surface area contributed by atoms with Crippen molar-refractivity contribution in [2.24, 2.45) is 0 Å². The Kier molecular flexibility index (Phi) is 5.55. The van der Waals surface area contributed by atoms with E-state index in [4.69, 9.17) is 11.2 Å². The summed E-state index contributed by atoms with van der Waals surface area (Å²) in [6.45, 7) is 2.60. The largest absolute Gasteiger partial charge is 0.481 e. The van der Waals surface area contributed by atoms with E-state index in [0.29, 0.717) is 6.54 Å². The first-order valence-electron chi connectivity index (χ1n) is 6.97. The van der Waals surface area contributed by atoms with Crippen LogP contribution in [0.3, 0.4) is 0 Å². The number of rotatable bonds is 7. The summed E-state index contributed by atoms with van der Waals surface area (Å²) >= 11 is 0. The van der Waals surface area contributed by atoms with Crippen LogP contribution >= 0.6 is 0 Å². The van der Waals surface area contributed by atoms with Crippen LogP contribution in [0.2, 0.25) is 0 Å². The van der Waals surface area contributed by atoms with Gasteiger partial charge < -0.3 is 10.1 Å². The highest BCUT2D eigenvalue weighted by atomic mass is 16.5. The van der Waals surface area contributed by atoms with Crippen molar-refractivity contribution >= 4 is 5.91 Å². The molecule has 0 aliphatic carbocycles. The fraction of sp³-hybridized carbons (Fsp3) is 0.312. The number of amides is 1. The second kappa shape index (κ2) is 7.84. The molecule has 2 rings (SSSR count). The zero-order valence-corrected chi connectivity index (χ0v) is 12.4. The molecule has 0 aliphatic rings. The van der Waals surface area contributed by atoms with Gasteiger partial charge in [0.25, 0.3) is 0 Å². The maximum absolute atomic E-state index is 12.0. The molecular weight excluding hydrogens is 280 g/mol. The number of ether oxygens (including phenoxy) is 1. The van der Waals surface area contributed by atoms with E-state index in [1.807, 2.05) is 24.3 Å². The minimum atomic E-state index is -0.373. The minimum absolute atomic E-state index is 0.0838. The molecule has 0 bridgehead atoms. The van der Waals surface area contributed by atoms with Crippen molar-refractivity contribution in [3.8, 4) is 18.1 Å². The first kappa shape index (κ1) is 15.6. The first-order valence-corrected chi connectivity index (χ1v) is 6.97. The summed E-state index contributed by atoms with van der Waals surface area (Å²) in [7, 11) is 0. The highest BCUT2D eigenvalue weighted by Crippen LogP contribution is 2.12. The van der Waals surface area contributed by atoms with Crippen LogP contribution in [-0.2, 0) is 11.2 Å². The van der Waals surface area contributed by atoms with Crippen LogP contribution in [0.5, 0.6) is 5.75 Å². The summed E-state index contributed by atoms with van der Waals surface area (Å²) in [4.78, 5) is 15.8. The van der Waals surface area contributed by atoms with Crippen molar-refractivity contribution in [2.75, 3.05) is 13.2 Å². The lowest BCUT2D eigenvalue weighted by Crippen LogP contribution is -2.32. The molecule has 22 heavy (non-hydrogen) atoms. The van der Waals surface area contributed by atoms with E-state index >= 15 is 0 Å². The fourth-order valence-electron chi connectivity index (χ4n) is 1.89. The Morgan fingerprint density at radius 3 is 2.86 bits per heavy atom. The third-order valence-corrected chi connectivity index (χ3v) is 3.17. The minimum Gasteiger partial charge on any atom is -0.481 e. The molecule has 0 saturated carbocycles. The normalized spacial score (nSPS) is 11.5. The summed E-state index contributed by atoms with van der Waals surface area (Å²) in [5, 5.41) is 6.84. The number of carbonyl (C=O) groups is 1. The SMILES string of the molecule is C#CCOc1ccc(CCNC(=O)[C@@H](C)n2cncn2)cc1. The lowest BCUT2D eigenvalue weighted by molar-refractivity contribution is -0.124. The molecule has 1 atom stereocenters. The van der Waals surface area contributed by atoms with E-state index in [2.05, 4.69) is 21.3 Å². The molecule has 0 radical (unpaired) electrons. The van der Waals surface area contributed by atoms with Gasteiger partial charge in [0.15, 0.2) is 0 Å². The number of hydrogen-bond acceptors (Lipinski definition) is 4. The van der Waals surface area contributed by atoms with E-state index in [9.17, 15) is 4.79 Å². The van der Waals surface area contributed by atoms with Gasteiger partial charge in [0, 0.05) is 6.54 Å². The average Bonchev–Trinajstić information content (AvgIpc) is 3.07. The van der Waals surface area contributed by atoms with Crippen LogP contribution in [0.25, 0.3) is 0 Å². The van der Waals surface area contributed by atoms with Crippen LogP contribution in [0.1, 0.15) is 18.5 Å². The second-order valence-electron chi connectivity index (χ2n) is 4.73. The van der Waals surface area contributed by atoms with E-state index in [1.165, 1.54) is 17.3 Å². The van der Waals surface area contributed by atoms with E-state index < -0.39 is 0 Å². The van der Waals surface area contributed by atoms with Crippen LogP contribution in [-0.4, -0.2) is 33.8 Å². The quantitative estimate of drug-likeness (QED) is 0.780. The molecular formula is C16H18N4O2. The number of nitrogens with zero attached hydrogens (tertiary/aromatic N) is 3. The average molecular weight is 298 g/mol. The monoisotopic (exact) mass is 298 g/mol. The smallest absolute Gasteiger partial charge is 0.244 e. The van der Waals surface area contributed by atoms with Gasteiger partial charge in [-0.25, -0.2) is 9.67 Å². The molecule has 6 heteroatoms. The van der Waals surface area contributed by atoms with E-state index in [-0.39, 0.29) is 18.6 Å². The topological polar surface area (TPSA) is 69.0 Å². The molecule has 1 heterocycles. The van der Waals surface area contributed by atoms with Gasteiger partial charge in [-0.05, 0) is 31.0 Å². The number of benzene rings is 1. The highest BCUT2D eigenvalue weighted by molar-refractivity contribution is 5.79. The van der Waals surface area contributed by atoms with Gasteiger partial charge in [-0.1, -0.05) is 18.1 Å². The Morgan fingerprint density at radius 1 is 1.45 bits per heavy atom. The summed E-state index contributed by atoms with van der Waals surface area (Å²) in [5.74, 6) is 3.08. The lowest BCUT2D eigenvalue weighted by atomic mass is 10.1. The van der Waals surface area contributed by atoms with Crippen molar-refractivity contribution < 1.29 is 9.53 Å². The summed E-state index contributed by atoms with van der Waals surface area (Å²) in [5.41, 5.74) is 1.11. The van der Waals surface area contributed by atoms with Gasteiger partial charge in [-0.2, -0.15) is 5.10 Å². The Hall–Kier alpha value is -2.81. The third-order valence-electron chi connectivity index (χ3n) is 3.17. The van der Waals surface area contributed by atoms with Gasteiger partial charge in [0.1, 0.15) is 31.1 Å². The molecule has 2 aromatic rings. The van der Waals surface area contributed by atoms with Gasteiger partial charge >= 0.3 is 0 Å². The lowest BCUT2D eigenvalue weighted by Gasteiger charge is -2.12. The Bertz CT molecular complexity index is 629. The Morgan fingerprint density at radius 2 is 2.23 bits per heavy atom. The summed E-state index contributed by atoms with van der Waals surface area (Å²) < 4.78 is 6.82. The van der Waals surface area contributed by atoms with Crippen molar-refractivity contribution in [1.82, 2.24) is 20.1 Å². The summed E-state index contributed by atoms with van der Waals surface area (Å²) in [6, 6.07) is 7.28. The standard InChI is InChI=1S/C16H18N4O2/c1-3-10-22-15-6-4-14(5-7-15)8-9-18-16(21)13(2)20-12-17-11-19-20/h1,4-7,11-13H,8-10H2,2H3,(H,18,21)/t13-/m1/s1. The molecule has 1 aromatic heterocycles. The van der Waals surface area contributed by atoms with E-state index in [0.717, 1.165) is 17.7 Å². The Balaban J connectivity index is 1.76. The number of terminal acetylenes is 1. The maximum atomic E-state index is 12.0. The van der Waals surface area contributed by atoms with Crippen LogP contribution in [0.4, 0.5) is 0 Å². The number of hydrogen-bond donors (Lipinski definition) is 1. The molecule has 6 nitrogen and oxygen atoms in total. The van der Waals surface area contributed by atoms with E-state index in [1.54, 1.807) is 6.92 Å². The molecule has 1 aromatic carbocycles. The number of carbonyl (C=O) groups excluding carboxylic acids is 1. The molecule has 0 unspecified atom stereocenters. The molecule has 114 valence electrons. The molecule has 1 amide bonds. The molecule has 0 fully saturated rings. The zero-order chi connectivity index (χ0) is 15.8. The van der Waals surface area contributed by atoms with Crippen LogP contribution in [0.15, 0.2) is 36.9 Å². The zero-order valence-electron chi connectivity index (χ0n) is 12.4. The van der Waals surface area contributed by atoms with Crippen LogP contribution in [0, 0.1) is 12.3 Å². The predicted molar refractivity (Wildman–Crippen MR) is 82.2 cm³/mol. The maximum Gasteiger partial charge on any atom is 0.244 e. The van der Waals surface area contributed by atoms with Crippen LogP contribution < -0.4 is 10.1 Å². The van der Waals surface area contributed by atoms with Gasteiger partial charge in [-0.15, -0.1) is 6.42 Å². The third kappa shape index (κ3) is 4.35. The number of nitrogens with one attached hydrogen (secondary N) is 1. The van der Waals surface area contributed by atoms with Gasteiger partial charge in [0.2, 0.25) is 5.91 Å². The highest BCUT2D eigenvalue weighted by Gasteiger charge is 2.14. The Labute approximate surface area is 129 Å². The fourth-order valence-corrected chi connectivity index (χ4v) is 1.89. The van der Waals surface area contributed by atoms with Crippen molar-refractivity contribution in [2.45, 2.75) is 19.4 Å². The first-order chi connectivity index (χ1) is 10.7. The van der Waals surface area contributed by atoms with Gasteiger partial charge in [0.05, 0.1) is 0 Å². The predicted octanol–water partition coefficient (Wildman–Crippen LogP) is 1.21.